The molecular formula is C49H95N2O6P. The largest absolute Gasteiger partial charge is 0.756 e. The Hall–Kier alpha value is -1.28. The van der Waals surface area contributed by atoms with E-state index in [-0.39, 0.29) is 12.5 Å². The van der Waals surface area contributed by atoms with Crippen molar-refractivity contribution in [1.82, 2.24) is 5.32 Å². The Morgan fingerprint density at radius 2 is 0.966 bits per heavy atom. The smallest absolute Gasteiger partial charge is 0.268 e. The second kappa shape index (κ2) is 41.1. The van der Waals surface area contributed by atoms with Crippen LogP contribution in [0.3, 0.4) is 0 Å². The molecule has 0 aromatic carbocycles. The fraction of sp³-hybridized carbons (Fsp3) is 0.857. The van der Waals surface area contributed by atoms with Crippen LogP contribution in [0.5, 0.6) is 0 Å². The molecule has 8 nitrogen and oxygen atoms in total. The molecule has 3 unspecified atom stereocenters. The number of carbonyl (C=O) groups excluding carboxylic acids is 1. The maximum atomic E-state index is 12.9. The molecule has 0 rings (SSSR count). The van der Waals surface area contributed by atoms with Gasteiger partial charge in [-0.3, -0.25) is 9.36 Å². The lowest BCUT2D eigenvalue weighted by Crippen LogP contribution is -2.45. The molecular weight excluding hydrogens is 744 g/mol. The highest BCUT2D eigenvalue weighted by atomic mass is 31.2. The molecule has 0 spiro atoms. The molecule has 1 amide bonds. The summed E-state index contributed by atoms with van der Waals surface area (Å²) in [6.45, 7) is 4.63. The van der Waals surface area contributed by atoms with Crippen molar-refractivity contribution in [2.45, 2.75) is 231 Å². The number of nitrogens with one attached hydrogen (secondary N) is 1. The van der Waals surface area contributed by atoms with Crippen LogP contribution in [-0.4, -0.2) is 68.5 Å². The number of rotatable bonds is 44. The van der Waals surface area contributed by atoms with E-state index in [9.17, 15) is 19.4 Å². The van der Waals surface area contributed by atoms with Crippen LogP contribution in [0.4, 0.5) is 0 Å². The molecule has 0 radical (unpaired) electrons. The van der Waals surface area contributed by atoms with Gasteiger partial charge in [0.05, 0.1) is 39.9 Å². The van der Waals surface area contributed by atoms with Gasteiger partial charge in [0.1, 0.15) is 13.2 Å². The molecule has 0 aliphatic carbocycles. The zero-order valence-electron chi connectivity index (χ0n) is 38.8. The second-order valence-electron chi connectivity index (χ2n) is 17.8. The number of likely N-dealkylation sites (N-methyl/N-ethyl adjacent to an activating group) is 1. The third-order valence-corrected chi connectivity index (χ3v) is 11.8. The molecule has 58 heavy (non-hydrogen) atoms. The second-order valence-corrected chi connectivity index (χ2v) is 19.2. The van der Waals surface area contributed by atoms with Crippen LogP contribution < -0.4 is 10.2 Å². The Labute approximate surface area is 359 Å². The summed E-state index contributed by atoms with van der Waals surface area (Å²) in [7, 11) is 1.24. The zero-order valence-corrected chi connectivity index (χ0v) is 39.6. The van der Waals surface area contributed by atoms with Crippen LogP contribution in [0, 0.1) is 0 Å². The lowest BCUT2D eigenvalue weighted by atomic mass is 10.0. The SMILES string of the molecule is CCCCCCCCCCC/C=C/CC/C=C/CC/C=C/C(O)C(COP(=O)([O-])OCC[N+](C)(C)C)NC(=O)CCCCCCCCCCCCCCCCCCC. The Balaban J connectivity index is 4.42. The van der Waals surface area contributed by atoms with E-state index in [1.807, 2.05) is 27.2 Å². The summed E-state index contributed by atoms with van der Waals surface area (Å²) < 4.78 is 23.2. The monoisotopic (exact) mass is 839 g/mol. The molecule has 0 aliphatic rings. The van der Waals surface area contributed by atoms with Crippen LogP contribution in [0.2, 0.25) is 0 Å². The van der Waals surface area contributed by atoms with E-state index in [1.165, 1.54) is 154 Å². The summed E-state index contributed by atoms with van der Waals surface area (Å²) in [5.41, 5.74) is 0. The maximum Gasteiger partial charge on any atom is 0.268 e. The lowest BCUT2D eigenvalue weighted by Gasteiger charge is -2.29. The Bertz CT molecular complexity index is 1040. The molecule has 0 bridgehead atoms. The van der Waals surface area contributed by atoms with Crippen LogP contribution in [-0.2, 0) is 18.4 Å². The molecule has 0 saturated carbocycles. The van der Waals surface area contributed by atoms with Crippen LogP contribution >= 0.6 is 7.82 Å². The van der Waals surface area contributed by atoms with Crippen molar-refractivity contribution in [3.63, 3.8) is 0 Å². The number of hydrogen-bond acceptors (Lipinski definition) is 6. The van der Waals surface area contributed by atoms with Gasteiger partial charge in [-0.05, 0) is 44.9 Å². The van der Waals surface area contributed by atoms with Crippen molar-refractivity contribution in [2.75, 3.05) is 40.9 Å². The van der Waals surface area contributed by atoms with Gasteiger partial charge in [0.25, 0.3) is 7.82 Å². The number of amides is 1. The van der Waals surface area contributed by atoms with Crippen molar-refractivity contribution >= 4 is 13.7 Å². The van der Waals surface area contributed by atoms with Gasteiger partial charge in [-0.25, -0.2) is 0 Å². The standard InChI is InChI=1S/C49H95N2O6P/c1-6-8-10-12-14-16-18-20-22-24-25-27-28-30-32-34-36-38-40-42-48(52)47(46-57-58(54,55)56-45-44-51(3,4)5)50-49(53)43-41-39-37-35-33-31-29-26-23-21-19-17-15-13-11-9-7-2/h25,27,32,34,40,42,47-48,52H,6-24,26,28-31,33,35-39,41,43-46H2,1-5H3,(H-,50,53,54,55)/b27-25+,34-32+,42-40+. The fourth-order valence-electron chi connectivity index (χ4n) is 6.95. The Morgan fingerprint density at radius 1 is 0.586 bits per heavy atom. The third kappa shape index (κ3) is 42.8. The van der Waals surface area contributed by atoms with Crippen LogP contribution in [0.15, 0.2) is 36.5 Å². The molecule has 0 heterocycles. The number of nitrogens with zero attached hydrogens (tertiary/aromatic N) is 1. The topological polar surface area (TPSA) is 108 Å². The van der Waals surface area contributed by atoms with Gasteiger partial charge < -0.3 is 28.8 Å². The molecule has 342 valence electrons. The molecule has 0 saturated heterocycles. The highest BCUT2D eigenvalue weighted by molar-refractivity contribution is 7.45. The summed E-state index contributed by atoms with van der Waals surface area (Å²) >= 11 is 0. The number of aliphatic hydroxyl groups is 1. The number of hydrogen-bond donors (Lipinski definition) is 2. The zero-order chi connectivity index (χ0) is 42.8. The normalized spacial score (nSPS) is 14.5. The highest BCUT2D eigenvalue weighted by Crippen LogP contribution is 2.38. The first-order valence-corrected chi connectivity index (χ1v) is 25.8. The van der Waals surface area contributed by atoms with Gasteiger partial charge in [0.2, 0.25) is 5.91 Å². The van der Waals surface area contributed by atoms with Crippen molar-refractivity contribution in [1.29, 1.82) is 0 Å². The van der Waals surface area contributed by atoms with E-state index in [1.54, 1.807) is 6.08 Å². The van der Waals surface area contributed by atoms with Crippen LogP contribution in [0.25, 0.3) is 0 Å². The summed E-state index contributed by atoms with van der Waals surface area (Å²) in [6, 6.07) is -0.906. The Morgan fingerprint density at radius 3 is 1.40 bits per heavy atom. The van der Waals surface area contributed by atoms with Gasteiger partial charge >= 0.3 is 0 Å². The first-order valence-electron chi connectivity index (χ1n) is 24.4. The molecule has 3 atom stereocenters. The first-order chi connectivity index (χ1) is 28.0. The van der Waals surface area contributed by atoms with Gasteiger partial charge in [-0.2, -0.15) is 0 Å². The van der Waals surface area contributed by atoms with E-state index in [0.29, 0.717) is 17.4 Å². The van der Waals surface area contributed by atoms with Gasteiger partial charge in [-0.1, -0.05) is 204 Å². The van der Waals surface area contributed by atoms with E-state index in [2.05, 4.69) is 43.5 Å². The van der Waals surface area contributed by atoms with Crippen molar-refractivity contribution in [2.24, 2.45) is 0 Å². The summed E-state index contributed by atoms with van der Waals surface area (Å²) in [5.74, 6) is -0.209. The predicted molar refractivity (Wildman–Crippen MR) is 247 cm³/mol. The molecule has 0 aromatic rings. The van der Waals surface area contributed by atoms with E-state index in [0.717, 1.165) is 44.9 Å². The maximum absolute atomic E-state index is 12.9. The van der Waals surface area contributed by atoms with Gasteiger partial charge in [-0.15, -0.1) is 0 Å². The molecule has 0 fully saturated rings. The van der Waals surface area contributed by atoms with Gasteiger partial charge in [0.15, 0.2) is 0 Å². The molecule has 2 N–H and O–H groups in total. The third-order valence-electron chi connectivity index (χ3n) is 10.8. The number of phosphoric acid groups is 1. The number of allylic oxidation sites excluding steroid dienone is 5. The molecule has 0 aromatic heterocycles. The van der Waals surface area contributed by atoms with Crippen molar-refractivity contribution < 1.29 is 32.9 Å². The van der Waals surface area contributed by atoms with E-state index >= 15 is 0 Å². The summed E-state index contributed by atoms with van der Waals surface area (Å²) in [6.07, 6.45) is 50.5. The van der Waals surface area contributed by atoms with E-state index < -0.39 is 26.6 Å². The highest BCUT2D eigenvalue weighted by Gasteiger charge is 2.23. The van der Waals surface area contributed by atoms with E-state index in [4.69, 9.17) is 9.05 Å². The number of aliphatic hydroxyl groups excluding tert-OH is 1. The average Bonchev–Trinajstić information content (AvgIpc) is 3.17. The minimum Gasteiger partial charge on any atom is -0.756 e. The lowest BCUT2D eigenvalue weighted by molar-refractivity contribution is -0.870. The number of carbonyl (C=O) groups is 1. The predicted octanol–water partition coefficient (Wildman–Crippen LogP) is 13.2. The minimum atomic E-state index is -4.60. The minimum absolute atomic E-state index is 0.00771. The quantitative estimate of drug-likeness (QED) is 0.0274. The number of phosphoric ester groups is 1. The summed E-state index contributed by atoms with van der Waals surface area (Å²) in [5, 5.41) is 13.8. The molecule has 0 aliphatic heterocycles. The number of quaternary nitrogens is 1. The van der Waals surface area contributed by atoms with Gasteiger partial charge in [0, 0.05) is 6.42 Å². The van der Waals surface area contributed by atoms with Crippen LogP contribution in [0.1, 0.15) is 219 Å². The number of unbranched alkanes of at least 4 members (excludes halogenated alkanes) is 27. The first kappa shape index (κ1) is 56.7. The fourth-order valence-corrected chi connectivity index (χ4v) is 7.67. The average molecular weight is 839 g/mol. The summed E-state index contributed by atoms with van der Waals surface area (Å²) in [4.78, 5) is 25.3. The Kier molecular flexibility index (Phi) is 40.2. The van der Waals surface area contributed by atoms with Crippen molar-refractivity contribution in [3.8, 4) is 0 Å². The molecule has 9 heteroatoms. The van der Waals surface area contributed by atoms with Crippen molar-refractivity contribution in [3.05, 3.63) is 36.5 Å².